The molecule has 0 bridgehead atoms. The summed E-state index contributed by atoms with van der Waals surface area (Å²) >= 11 is 0. The van der Waals surface area contributed by atoms with E-state index >= 15 is 0 Å². The van der Waals surface area contributed by atoms with E-state index in [0.29, 0.717) is 11.1 Å². The molecule has 0 heterocycles. The Bertz CT molecular complexity index is 1910. The van der Waals surface area contributed by atoms with Crippen molar-refractivity contribution >= 4 is 43.7 Å². The number of para-hydroxylation sites is 2. The Hall–Kier alpha value is -4.84. The van der Waals surface area contributed by atoms with Crippen LogP contribution in [0.5, 0.6) is 0 Å². The molecule has 6 aromatic carbocycles. The molecule has 0 atom stereocenters. The van der Waals surface area contributed by atoms with Crippen LogP contribution in [0.25, 0.3) is 54.6 Å². The van der Waals surface area contributed by atoms with E-state index < -0.39 is 0 Å². The van der Waals surface area contributed by atoms with Gasteiger partial charge in [-0.3, -0.25) is 20.2 Å². The van der Waals surface area contributed by atoms with Crippen molar-refractivity contribution in [1.82, 2.24) is 0 Å². The smallest absolute Gasteiger partial charge is 0.258 e. The van der Waals surface area contributed by atoms with Crippen molar-refractivity contribution in [3.8, 4) is 22.3 Å². The zero-order valence-electron chi connectivity index (χ0n) is 24.6. The third-order valence-corrected chi connectivity index (χ3v) is 8.28. The van der Waals surface area contributed by atoms with Crippen LogP contribution in [0.3, 0.4) is 0 Å². The molecule has 0 aromatic heterocycles. The number of nitro benzene ring substituents is 2. The second-order valence-corrected chi connectivity index (χ2v) is 13.1. The summed E-state index contributed by atoms with van der Waals surface area (Å²) in [5.74, 6) is 0. The molecule has 0 saturated carbocycles. The lowest BCUT2D eigenvalue weighted by molar-refractivity contribution is -0.384. The normalized spacial score (nSPS) is 12.4. The first-order chi connectivity index (χ1) is 19.8. The minimum Gasteiger partial charge on any atom is -0.258 e. The minimum absolute atomic E-state index is 0.0567. The second-order valence-electron chi connectivity index (χ2n) is 13.1. The van der Waals surface area contributed by atoms with Gasteiger partial charge in [-0.1, -0.05) is 77.9 Å². The van der Waals surface area contributed by atoms with Gasteiger partial charge in [-0.25, -0.2) is 0 Å². The summed E-state index contributed by atoms with van der Waals surface area (Å²) in [4.78, 5) is 23.7. The lowest BCUT2D eigenvalue weighted by atomic mass is 9.78. The molecular formula is C36H32N2O4. The zero-order chi connectivity index (χ0) is 30.1. The van der Waals surface area contributed by atoms with Crippen LogP contribution < -0.4 is 0 Å². The van der Waals surface area contributed by atoms with Crippen molar-refractivity contribution in [3.63, 3.8) is 0 Å². The number of nitrogens with zero attached hydrogens (tertiary/aromatic N) is 2. The Balaban J connectivity index is 1.89. The van der Waals surface area contributed by atoms with Gasteiger partial charge in [0.25, 0.3) is 11.4 Å². The van der Waals surface area contributed by atoms with Gasteiger partial charge >= 0.3 is 0 Å². The molecule has 210 valence electrons. The van der Waals surface area contributed by atoms with Crippen LogP contribution in [0.2, 0.25) is 0 Å². The van der Waals surface area contributed by atoms with Crippen LogP contribution in [0.15, 0.2) is 84.9 Å². The van der Waals surface area contributed by atoms with Gasteiger partial charge in [-0.05, 0) is 102 Å². The van der Waals surface area contributed by atoms with Crippen molar-refractivity contribution in [1.29, 1.82) is 0 Å². The van der Waals surface area contributed by atoms with Gasteiger partial charge in [0.15, 0.2) is 0 Å². The molecule has 0 aliphatic carbocycles. The highest BCUT2D eigenvalue weighted by Gasteiger charge is 2.27. The van der Waals surface area contributed by atoms with Crippen LogP contribution in [-0.2, 0) is 10.8 Å². The summed E-state index contributed by atoms with van der Waals surface area (Å²) in [5, 5.41) is 30.1. The highest BCUT2D eigenvalue weighted by atomic mass is 16.6. The average molecular weight is 557 g/mol. The molecule has 0 aliphatic rings. The third kappa shape index (κ3) is 4.35. The van der Waals surface area contributed by atoms with Crippen molar-refractivity contribution in [3.05, 3.63) is 116 Å². The van der Waals surface area contributed by atoms with Gasteiger partial charge in [0.05, 0.1) is 21.0 Å². The molecule has 6 aromatic rings. The SMILES string of the molecule is CC(C)(C)c1cc2cc(-c3ccccc3[N+](=O)[O-])c3cc(C(C)(C)C)cc4cc(-c5ccccc5[N+](=O)[O-])c(c1)c2c43. The Morgan fingerprint density at radius 2 is 0.857 bits per heavy atom. The molecule has 0 saturated heterocycles. The lowest BCUT2D eigenvalue weighted by Crippen LogP contribution is -2.12. The average Bonchev–Trinajstić information content (AvgIpc) is 2.93. The molecule has 0 N–H and O–H groups in total. The Kier molecular flexibility index (Phi) is 6.08. The standard InChI is InChI=1S/C36H32N2O4/c1-35(2,3)23-15-21-17-28(26-12-8-10-14-32(26)38(41)42)30-20-24(36(4,5)6)16-22-18-27(29(19-23)33(21)34(22)30)25-11-7-9-13-31(25)37(39)40/h7-20H,1-6H3. The number of hydrogen-bond donors (Lipinski definition) is 0. The Morgan fingerprint density at radius 1 is 0.500 bits per heavy atom. The maximum atomic E-state index is 12.2. The van der Waals surface area contributed by atoms with Gasteiger partial charge in [-0.2, -0.15) is 0 Å². The van der Waals surface area contributed by atoms with E-state index in [9.17, 15) is 20.2 Å². The van der Waals surface area contributed by atoms with Gasteiger partial charge in [-0.15, -0.1) is 0 Å². The largest absolute Gasteiger partial charge is 0.277 e. The van der Waals surface area contributed by atoms with Crippen LogP contribution in [0.4, 0.5) is 11.4 Å². The van der Waals surface area contributed by atoms with Gasteiger partial charge in [0.2, 0.25) is 0 Å². The number of nitro groups is 2. The van der Waals surface area contributed by atoms with Gasteiger partial charge in [0, 0.05) is 12.1 Å². The highest BCUT2D eigenvalue weighted by Crippen LogP contribution is 2.48. The van der Waals surface area contributed by atoms with Crippen molar-refractivity contribution in [2.45, 2.75) is 52.4 Å². The predicted molar refractivity (Wildman–Crippen MR) is 172 cm³/mol. The maximum absolute atomic E-state index is 12.2. The maximum Gasteiger partial charge on any atom is 0.277 e. The van der Waals surface area contributed by atoms with Crippen LogP contribution in [0, 0.1) is 20.2 Å². The summed E-state index contributed by atoms with van der Waals surface area (Å²) in [6, 6.07) is 26.6. The minimum atomic E-state index is -0.324. The molecule has 0 unspecified atom stereocenters. The fourth-order valence-corrected chi connectivity index (χ4v) is 6.04. The number of rotatable bonds is 4. The molecule has 0 aliphatic heterocycles. The molecule has 0 radical (unpaired) electrons. The molecule has 6 nitrogen and oxygen atoms in total. The fraction of sp³-hybridized carbons (Fsp3) is 0.222. The van der Waals surface area contributed by atoms with E-state index in [0.717, 1.165) is 54.6 Å². The fourth-order valence-electron chi connectivity index (χ4n) is 6.04. The van der Waals surface area contributed by atoms with E-state index in [2.05, 4.69) is 77.9 Å². The Morgan fingerprint density at radius 3 is 1.19 bits per heavy atom. The third-order valence-electron chi connectivity index (χ3n) is 8.28. The van der Waals surface area contributed by atoms with Crippen molar-refractivity contribution in [2.75, 3.05) is 0 Å². The van der Waals surface area contributed by atoms with Gasteiger partial charge in [0.1, 0.15) is 0 Å². The molecule has 6 rings (SSSR count). The van der Waals surface area contributed by atoms with Crippen LogP contribution in [-0.4, -0.2) is 9.85 Å². The van der Waals surface area contributed by atoms with Crippen molar-refractivity contribution in [2.24, 2.45) is 0 Å². The predicted octanol–water partition coefficient (Wildman–Crippen LogP) is 10.3. The zero-order valence-corrected chi connectivity index (χ0v) is 24.6. The first-order valence-corrected chi connectivity index (χ1v) is 14.0. The summed E-state index contributed by atoms with van der Waals surface area (Å²) in [6.45, 7) is 12.9. The van der Waals surface area contributed by atoms with Crippen LogP contribution in [0.1, 0.15) is 52.7 Å². The monoisotopic (exact) mass is 556 g/mol. The van der Waals surface area contributed by atoms with Crippen molar-refractivity contribution < 1.29 is 9.85 Å². The summed E-state index contributed by atoms with van der Waals surface area (Å²) in [5.41, 5.74) is 4.60. The second kappa shape index (κ2) is 9.35. The summed E-state index contributed by atoms with van der Waals surface area (Å²) < 4.78 is 0. The van der Waals surface area contributed by atoms with Crippen LogP contribution >= 0.6 is 0 Å². The first-order valence-electron chi connectivity index (χ1n) is 14.0. The molecule has 0 amide bonds. The first kappa shape index (κ1) is 27.3. The molecule has 6 heteroatoms. The highest BCUT2D eigenvalue weighted by molar-refractivity contribution is 6.29. The van der Waals surface area contributed by atoms with E-state index in [4.69, 9.17) is 0 Å². The molecular weight excluding hydrogens is 524 g/mol. The van der Waals surface area contributed by atoms with E-state index in [1.54, 1.807) is 24.3 Å². The van der Waals surface area contributed by atoms with Gasteiger partial charge < -0.3 is 0 Å². The molecule has 0 fully saturated rings. The topological polar surface area (TPSA) is 86.3 Å². The van der Waals surface area contributed by atoms with E-state index in [-0.39, 0.29) is 32.1 Å². The summed E-state index contributed by atoms with van der Waals surface area (Å²) in [6.07, 6.45) is 0. The quantitative estimate of drug-likeness (QED) is 0.123. The lowest BCUT2D eigenvalue weighted by Gasteiger charge is -2.26. The summed E-state index contributed by atoms with van der Waals surface area (Å²) in [7, 11) is 0. The molecule has 0 spiro atoms. The number of hydrogen-bond acceptors (Lipinski definition) is 4. The van der Waals surface area contributed by atoms with E-state index in [1.165, 1.54) is 0 Å². The Labute approximate surface area is 244 Å². The van der Waals surface area contributed by atoms with E-state index in [1.807, 2.05) is 24.3 Å². The number of benzene rings is 6. The molecule has 42 heavy (non-hydrogen) atoms.